The topological polar surface area (TPSA) is 85.6 Å². The van der Waals surface area contributed by atoms with E-state index in [2.05, 4.69) is 31.9 Å². The second-order valence-electron chi connectivity index (χ2n) is 5.84. The van der Waals surface area contributed by atoms with Crippen molar-refractivity contribution in [1.29, 1.82) is 0 Å². The summed E-state index contributed by atoms with van der Waals surface area (Å²) >= 11 is 0. The average Bonchev–Trinajstić information content (AvgIpc) is 3.15. The third-order valence-electron chi connectivity index (χ3n) is 3.80. The highest BCUT2D eigenvalue weighted by molar-refractivity contribution is 5.90. The minimum absolute atomic E-state index is 0.0875. The largest absolute Gasteiger partial charge is 0.326 e. The summed E-state index contributed by atoms with van der Waals surface area (Å²) in [6.45, 7) is 2.26. The minimum atomic E-state index is -0.0875. The van der Waals surface area contributed by atoms with Crippen molar-refractivity contribution in [3.63, 3.8) is 0 Å². The van der Waals surface area contributed by atoms with E-state index in [1.807, 2.05) is 42.6 Å². The maximum absolute atomic E-state index is 11.3. The molecule has 3 aromatic rings. The van der Waals surface area contributed by atoms with E-state index in [9.17, 15) is 4.79 Å². The molecule has 1 aromatic carbocycles. The maximum atomic E-state index is 11.3. The van der Waals surface area contributed by atoms with E-state index in [4.69, 9.17) is 0 Å². The van der Waals surface area contributed by atoms with Crippen molar-refractivity contribution in [2.75, 3.05) is 5.32 Å². The van der Waals surface area contributed by atoms with Gasteiger partial charge in [-0.25, -0.2) is 4.68 Å². The van der Waals surface area contributed by atoms with Crippen LogP contribution in [0.25, 0.3) is 5.57 Å². The SMILES string of the molecule is CC(=O)Nc1cccc(/C(=C/CCCn2cnnn2)c2cccnc2)c1. The number of amides is 1. The highest BCUT2D eigenvalue weighted by Gasteiger charge is 2.07. The van der Waals surface area contributed by atoms with Crippen molar-refractivity contribution < 1.29 is 4.79 Å². The van der Waals surface area contributed by atoms with Gasteiger partial charge in [0.2, 0.25) is 5.91 Å². The Kier molecular flexibility index (Phi) is 5.82. The van der Waals surface area contributed by atoms with Crippen LogP contribution in [-0.4, -0.2) is 31.1 Å². The van der Waals surface area contributed by atoms with Crippen LogP contribution in [0.5, 0.6) is 0 Å². The molecule has 2 aromatic heterocycles. The van der Waals surface area contributed by atoms with E-state index in [1.54, 1.807) is 17.2 Å². The van der Waals surface area contributed by atoms with Crippen molar-refractivity contribution in [1.82, 2.24) is 25.2 Å². The number of carbonyl (C=O) groups is 1. The summed E-state index contributed by atoms with van der Waals surface area (Å²) in [6, 6.07) is 11.8. The van der Waals surface area contributed by atoms with E-state index >= 15 is 0 Å². The smallest absolute Gasteiger partial charge is 0.221 e. The summed E-state index contributed by atoms with van der Waals surface area (Å²) in [4.78, 5) is 15.6. The number of pyridine rings is 1. The quantitative estimate of drug-likeness (QED) is 0.664. The molecule has 7 heteroatoms. The second-order valence-corrected chi connectivity index (χ2v) is 5.84. The van der Waals surface area contributed by atoms with Crippen LogP contribution < -0.4 is 5.32 Å². The average molecular weight is 348 g/mol. The lowest BCUT2D eigenvalue weighted by atomic mass is 9.97. The number of allylic oxidation sites excluding steroid dienone is 1. The summed E-state index contributed by atoms with van der Waals surface area (Å²) in [7, 11) is 0. The van der Waals surface area contributed by atoms with Crippen molar-refractivity contribution in [2.45, 2.75) is 26.3 Å². The van der Waals surface area contributed by atoms with Crippen LogP contribution in [0, 0.1) is 0 Å². The molecular formula is C19H20N6O. The molecule has 0 aliphatic carbocycles. The van der Waals surface area contributed by atoms with E-state index in [0.717, 1.165) is 41.8 Å². The Morgan fingerprint density at radius 2 is 2.12 bits per heavy atom. The van der Waals surface area contributed by atoms with Gasteiger partial charge in [-0.15, -0.1) is 5.10 Å². The molecule has 0 unspecified atom stereocenters. The third kappa shape index (κ3) is 4.83. The van der Waals surface area contributed by atoms with Gasteiger partial charge in [0.15, 0.2) is 0 Å². The number of nitrogens with zero attached hydrogens (tertiary/aromatic N) is 5. The van der Waals surface area contributed by atoms with Gasteiger partial charge in [-0.3, -0.25) is 9.78 Å². The first kappa shape index (κ1) is 17.5. The normalized spacial score (nSPS) is 11.3. The number of rotatable bonds is 7. The summed E-state index contributed by atoms with van der Waals surface area (Å²) in [5.41, 5.74) is 3.93. The van der Waals surface area contributed by atoms with Crippen LogP contribution in [0.4, 0.5) is 5.69 Å². The molecule has 2 heterocycles. The fourth-order valence-corrected chi connectivity index (χ4v) is 2.67. The molecule has 0 spiro atoms. The Labute approximate surface area is 151 Å². The number of aryl methyl sites for hydroxylation is 1. The molecule has 0 radical (unpaired) electrons. The molecule has 0 aliphatic heterocycles. The second kappa shape index (κ2) is 8.66. The molecule has 1 N–H and O–H groups in total. The van der Waals surface area contributed by atoms with Crippen LogP contribution in [0.1, 0.15) is 30.9 Å². The van der Waals surface area contributed by atoms with Crippen LogP contribution in [0.15, 0.2) is 61.2 Å². The number of unbranched alkanes of at least 4 members (excludes halogenated alkanes) is 1. The molecule has 1 amide bonds. The number of tetrazole rings is 1. The van der Waals surface area contributed by atoms with Crippen LogP contribution in [0.2, 0.25) is 0 Å². The van der Waals surface area contributed by atoms with E-state index in [0.29, 0.717) is 0 Å². The third-order valence-corrected chi connectivity index (χ3v) is 3.80. The van der Waals surface area contributed by atoms with Crippen LogP contribution in [0.3, 0.4) is 0 Å². The van der Waals surface area contributed by atoms with Gasteiger partial charge in [0, 0.05) is 37.1 Å². The van der Waals surface area contributed by atoms with Crippen LogP contribution in [-0.2, 0) is 11.3 Å². The zero-order valence-corrected chi connectivity index (χ0v) is 14.5. The number of nitrogens with one attached hydrogen (secondary N) is 1. The number of hydrogen-bond acceptors (Lipinski definition) is 5. The van der Waals surface area contributed by atoms with Gasteiger partial charge in [-0.05, 0) is 52.6 Å². The lowest BCUT2D eigenvalue weighted by molar-refractivity contribution is -0.114. The lowest BCUT2D eigenvalue weighted by Gasteiger charge is -2.11. The summed E-state index contributed by atoms with van der Waals surface area (Å²) < 4.78 is 1.72. The first-order valence-corrected chi connectivity index (χ1v) is 8.42. The molecule has 0 saturated heterocycles. The monoisotopic (exact) mass is 348 g/mol. The minimum Gasteiger partial charge on any atom is -0.326 e. The first-order chi connectivity index (χ1) is 12.7. The Hall–Kier alpha value is -3.35. The predicted molar refractivity (Wildman–Crippen MR) is 99.1 cm³/mol. The standard InChI is InChI=1S/C19H20N6O/c1-15(26)22-18-8-4-6-16(12-18)19(17-7-5-10-20-13-17)9-2-3-11-25-14-21-23-24-25/h4-10,12-14H,2-3,11H2,1H3,(H,22,26)/b19-9-. The summed E-state index contributed by atoms with van der Waals surface area (Å²) in [5.74, 6) is -0.0875. The Morgan fingerprint density at radius 3 is 2.85 bits per heavy atom. The molecular weight excluding hydrogens is 328 g/mol. The van der Waals surface area contributed by atoms with Gasteiger partial charge < -0.3 is 5.32 Å². The fourth-order valence-electron chi connectivity index (χ4n) is 2.67. The van der Waals surface area contributed by atoms with Gasteiger partial charge in [0.1, 0.15) is 6.33 Å². The van der Waals surface area contributed by atoms with E-state index in [1.165, 1.54) is 6.92 Å². The molecule has 0 fully saturated rings. The number of hydrogen-bond donors (Lipinski definition) is 1. The van der Waals surface area contributed by atoms with Crippen molar-refractivity contribution in [2.24, 2.45) is 0 Å². The molecule has 26 heavy (non-hydrogen) atoms. The summed E-state index contributed by atoms with van der Waals surface area (Å²) in [5, 5.41) is 14.0. The maximum Gasteiger partial charge on any atom is 0.221 e. The number of benzene rings is 1. The molecule has 0 atom stereocenters. The van der Waals surface area contributed by atoms with Crippen molar-refractivity contribution in [3.05, 3.63) is 72.3 Å². The fraction of sp³-hybridized carbons (Fsp3) is 0.211. The Bertz CT molecular complexity index is 874. The molecule has 132 valence electrons. The van der Waals surface area contributed by atoms with E-state index < -0.39 is 0 Å². The lowest BCUT2D eigenvalue weighted by Crippen LogP contribution is -2.05. The van der Waals surface area contributed by atoms with Crippen LogP contribution >= 0.6 is 0 Å². The van der Waals surface area contributed by atoms with Gasteiger partial charge in [0.25, 0.3) is 0 Å². The molecule has 7 nitrogen and oxygen atoms in total. The van der Waals surface area contributed by atoms with Gasteiger partial charge in [-0.2, -0.15) is 0 Å². The highest BCUT2D eigenvalue weighted by atomic mass is 16.1. The number of anilines is 1. The van der Waals surface area contributed by atoms with Crippen molar-refractivity contribution >= 4 is 17.2 Å². The molecule has 0 bridgehead atoms. The highest BCUT2D eigenvalue weighted by Crippen LogP contribution is 2.26. The summed E-state index contributed by atoms with van der Waals surface area (Å²) in [6.07, 6.45) is 9.19. The molecule has 0 aliphatic rings. The molecule has 0 saturated carbocycles. The first-order valence-electron chi connectivity index (χ1n) is 8.42. The van der Waals surface area contributed by atoms with Gasteiger partial charge in [0.05, 0.1) is 0 Å². The van der Waals surface area contributed by atoms with Gasteiger partial charge in [-0.1, -0.05) is 24.3 Å². The molecule has 3 rings (SSSR count). The predicted octanol–water partition coefficient (Wildman–Crippen LogP) is 2.94. The van der Waals surface area contributed by atoms with Gasteiger partial charge >= 0.3 is 0 Å². The Morgan fingerprint density at radius 1 is 1.23 bits per heavy atom. The van der Waals surface area contributed by atoms with Crippen molar-refractivity contribution in [3.8, 4) is 0 Å². The number of aromatic nitrogens is 5. The zero-order valence-electron chi connectivity index (χ0n) is 14.5. The zero-order chi connectivity index (χ0) is 18.2. The van der Waals surface area contributed by atoms with E-state index in [-0.39, 0.29) is 5.91 Å². The Balaban J connectivity index is 1.81. The number of carbonyl (C=O) groups excluding carboxylic acids is 1.